The van der Waals surface area contributed by atoms with E-state index in [0.29, 0.717) is 30.2 Å². The quantitative estimate of drug-likeness (QED) is 0.438. The summed E-state index contributed by atoms with van der Waals surface area (Å²) in [6.45, 7) is 11.9. The molecule has 5 heteroatoms. The minimum atomic E-state index is -0.0970. The molecule has 1 aromatic heterocycles. The summed E-state index contributed by atoms with van der Waals surface area (Å²) in [4.78, 5) is 24.9. The van der Waals surface area contributed by atoms with E-state index in [9.17, 15) is 4.79 Å². The van der Waals surface area contributed by atoms with E-state index in [1.54, 1.807) is 31.3 Å². The predicted octanol–water partition coefficient (Wildman–Crippen LogP) is 3.46. The molecule has 24 heavy (non-hydrogen) atoms. The van der Waals surface area contributed by atoms with Crippen LogP contribution in [0.15, 0.2) is 54.8 Å². The molecule has 0 unspecified atom stereocenters. The van der Waals surface area contributed by atoms with E-state index in [0.717, 1.165) is 5.56 Å². The number of aromatic nitrogens is 1. The molecule has 0 fully saturated rings. The minimum Gasteiger partial charge on any atom is -0.345 e. The molecule has 0 spiro atoms. The number of carbonyl (C=O) groups is 1. The Morgan fingerprint density at radius 3 is 2.58 bits per heavy atom. The van der Waals surface area contributed by atoms with Gasteiger partial charge in [0.05, 0.1) is 5.56 Å². The van der Waals surface area contributed by atoms with Crippen molar-refractivity contribution in [3.63, 3.8) is 0 Å². The summed E-state index contributed by atoms with van der Waals surface area (Å²) in [7, 11) is 3.46. The largest absolute Gasteiger partial charge is 0.345 e. The maximum atomic E-state index is 12.6. The number of hydrogen-bond acceptors (Lipinski definition) is 3. The fraction of sp³-hybridized carbons (Fsp3) is 0.316. The normalized spacial score (nSPS) is 11.4. The van der Waals surface area contributed by atoms with Crippen molar-refractivity contribution in [2.75, 3.05) is 25.5 Å². The molecular formula is C19H26N4O. The first-order chi connectivity index (χ1) is 11.5. The van der Waals surface area contributed by atoms with Gasteiger partial charge in [-0.2, -0.15) is 0 Å². The van der Waals surface area contributed by atoms with E-state index >= 15 is 0 Å². The lowest BCUT2D eigenvalue weighted by Gasteiger charge is -2.25. The molecule has 5 nitrogen and oxygen atoms in total. The van der Waals surface area contributed by atoms with Crippen molar-refractivity contribution in [3.8, 4) is 0 Å². The highest BCUT2D eigenvalue weighted by Crippen LogP contribution is 2.22. The zero-order chi connectivity index (χ0) is 18.1. The van der Waals surface area contributed by atoms with Crippen LogP contribution in [0, 0.1) is 0 Å². The molecule has 0 aromatic carbocycles. The number of carbonyl (C=O) groups excluding carboxylic acids is 1. The summed E-state index contributed by atoms with van der Waals surface area (Å²) < 4.78 is 0. The van der Waals surface area contributed by atoms with E-state index in [-0.39, 0.29) is 5.91 Å². The van der Waals surface area contributed by atoms with E-state index in [4.69, 9.17) is 0 Å². The highest BCUT2D eigenvalue weighted by atomic mass is 16.2. The zero-order valence-corrected chi connectivity index (χ0v) is 15.0. The zero-order valence-electron chi connectivity index (χ0n) is 15.0. The number of nitrogens with zero attached hydrogens (tertiary/aromatic N) is 4. The Bertz CT molecular complexity index is 659. The van der Waals surface area contributed by atoms with Crippen molar-refractivity contribution < 1.29 is 4.79 Å². The molecule has 0 aliphatic heterocycles. The molecule has 1 heterocycles. The fourth-order valence-corrected chi connectivity index (χ4v) is 2.26. The number of likely N-dealkylation sites (N-methyl/N-ethyl adjacent to an activating group) is 1. The van der Waals surface area contributed by atoms with Gasteiger partial charge in [0, 0.05) is 33.0 Å². The van der Waals surface area contributed by atoms with Gasteiger partial charge in [0.15, 0.2) is 0 Å². The number of amidine groups is 1. The third-order valence-corrected chi connectivity index (χ3v) is 3.33. The van der Waals surface area contributed by atoms with E-state index < -0.39 is 0 Å². The third kappa shape index (κ3) is 4.65. The van der Waals surface area contributed by atoms with Gasteiger partial charge in [0.25, 0.3) is 5.91 Å². The molecule has 1 amide bonds. The van der Waals surface area contributed by atoms with Crippen molar-refractivity contribution in [1.82, 2.24) is 9.88 Å². The smallest absolute Gasteiger partial charge is 0.257 e. The number of hydrogen-bond donors (Lipinski definition) is 0. The molecule has 1 rings (SSSR count). The second-order valence-electron chi connectivity index (χ2n) is 5.32. The molecule has 0 aliphatic carbocycles. The van der Waals surface area contributed by atoms with Crippen LogP contribution in [0.2, 0.25) is 0 Å². The van der Waals surface area contributed by atoms with Crippen LogP contribution in [0.25, 0.3) is 0 Å². The second kappa shape index (κ2) is 9.45. The number of rotatable bonds is 7. The second-order valence-corrected chi connectivity index (χ2v) is 5.32. The maximum absolute atomic E-state index is 12.6. The van der Waals surface area contributed by atoms with Crippen molar-refractivity contribution in [1.29, 1.82) is 0 Å². The highest BCUT2D eigenvalue weighted by molar-refractivity contribution is 6.09. The molecule has 0 aliphatic rings. The average molecular weight is 326 g/mol. The SMILES string of the molecule is C=CCc1cnc(N(CC)C(/C=C\C)=NC=C)c(C(=O)N(C)C)c1. The summed E-state index contributed by atoms with van der Waals surface area (Å²) >= 11 is 0. The first-order valence-electron chi connectivity index (χ1n) is 7.90. The van der Waals surface area contributed by atoms with Gasteiger partial charge in [-0.15, -0.1) is 6.58 Å². The Morgan fingerprint density at radius 2 is 2.08 bits per heavy atom. The highest BCUT2D eigenvalue weighted by Gasteiger charge is 2.21. The average Bonchev–Trinajstić information content (AvgIpc) is 2.56. The van der Waals surface area contributed by atoms with Gasteiger partial charge >= 0.3 is 0 Å². The first-order valence-corrected chi connectivity index (χ1v) is 7.90. The Kier molecular flexibility index (Phi) is 7.62. The van der Waals surface area contributed by atoms with Gasteiger partial charge in [-0.1, -0.05) is 18.7 Å². The summed E-state index contributed by atoms with van der Waals surface area (Å²) in [5.41, 5.74) is 1.49. The van der Waals surface area contributed by atoms with Crippen molar-refractivity contribution in [2.24, 2.45) is 4.99 Å². The number of allylic oxidation sites excluding steroid dienone is 2. The van der Waals surface area contributed by atoms with Crippen molar-refractivity contribution in [3.05, 3.63) is 61.0 Å². The Hall–Kier alpha value is -2.69. The molecule has 0 saturated heterocycles. The third-order valence-electron chi connectivity index (χ3n) is 3.33. The standard InChI is InChI=1S/C19H26N4O/c1-7-11-15-13-16(19(24)22(5)6)18(21-14-15)23(10-4)17(12-8-2)20-9-3/h7-9,12-14H,1,3,10-11H2,2,4-6H3/b12-8-,20-17?. The molecule has 0 radical (unpaired) electrons. The van der Waals surface area contributed by atoms with Gasteiger partial charge in [0.2, 0.25) is 0 Å². The summed E-state index contributed by atoms with van der Waals surface area (Å²) in [5.74, 6) is 1.18. The van der Waals surface area contributed by atoms with Crippen LogP contribution < -0.4 is 4.90 Å². The molecule has 0 N–H and O–H groups in total. The van der Waals surface area contributed by atoms with Crippen LogP contribution in [0.4, 0.5) is 5.82 Å². The predicted molar refractivity (Wildman–Crippen MR) is 102 cm³/mol. The topological polar surface area (TPSA) is 48.8 Å². The Morgan fingerprint density at radius 1 is 1.38 bits per heavy atom. The van der Waals surface area contributed by atoms with Gasteiger partial charge in [-0.05, 0) is 38.0 Å². The van der Waals surface area contributed by atoms with Crippen LogP contribution in [0.3, 0.4) is 0 Å². The Balaban J connectivity index is 3.52. The van der Waals surface area contributed by atoms with Crippen molar-refractivity contribution >= 4 is 17.6 Å². The van der Waals surface area contributed by atoms with Crippen LogP contribution in [0.1, 0.15) is 29.8 Å². The lowest BCUT2D eigenvalue weighted by atomic mass is 10.1. The molecule has 128 valence electrons. The molecule has 0 saturated carbocycles. The van der Waals surface area contributed by atoms with Crippen LogP contribution in [-0.2, 0) is 6.42 Å². The minimum absolute atomic E-state index is 0.0970. The Labute approximate surface area is 144 Å². The summed E-state index contributed by atoms with van der Waals surface area (Å²) in [6.07, 6.45) is 9.47. The fourth-order valence-electron chi connectivity index (χ4n) is 2.26. The van der Waals surface area contributed by atoms with Gasteiger partial charge in [-0.3, -0.25) is 4.79 Å². The number of pyridine rings is 1. The van der Waals surface area contributed by atoms with E-state index in [2.05, 4.69) is 23.1 Å². The first kappa shape index (κ1) is 19.4. The number of aliphatic imine (C=N–C) groups is 1. The van der Waals surface area contributed by atoms with Crippen LogP contribution in [-0.4, -0.2) is 42.3 Å². The van der Waals surface area contributed by atoms with E-state index in [1.807, 2.05) is 37.0 Å². The lowest BCUT2D eigenvalue weighted by Crippen LogP contribution is -2.33. The summed E-state index contributed by atoms with van der Waals surface area (Å²) in [6, 6.07) is 1.87. The van der Waals surface area contributed by atoms with Crippen LogP contribution >= 0.6 is 0 Å². The van der Waals surface area contributed by atoms with Gasteiger partial charge < -0.3 is 9.80 Å². The molecule has 1 aromatic rings. The van der Waals surface area contributed by atoms with Crippen molar-refractivity contribution in [2.45, 2.75) is 20.3 Å². The lowest BCUT2D eigenvalue weighted by molar-refractivity contribution is 0.0828. The summed E-state index contributed by atoms with van der Waals surface area (Å²) in [5, 5.41) is 0. The number of amides is 1. The van der Waals surface area contributed by atoms with Gasteiger partial charge in [0.1, 0.15) is 11.7 Å². The maximum Gasteiger partial charge on any atom is 0.257 e. The number of anilines is 1. The molecule has 0 atom stereocenters. The monoisotopic (exact) mass is 326 g/mol. The molecular weight excluding hydrogens is 300 g/mol. The molecule has 0 bridgehead atoms. The van der Waals surface area contributed by atoms with Crippen LogP contribution in [0.5, 0.6) is 0 Å². The van der Waals surface area contributed by atoms with E-state index in [1.165, 1.54) is 6.20 Å². The van der Waals surface area contributed by atoms with Gasteiger partial charge in [-0.25, -0.2) is 9.98 Å².